The van der Waals surface area contributed by atoms with Crippen molar-refractivity contribution in [3.8, 4) is 46.3 Å². The number of ether oxygens (including phenoxy) is 4. The third-order valence-electron chi connectivity index (χ3n) is 7.22. The van der Waals surface area contributed by atoms with Gasteiger partial charge in [-0.2, -0.15) is 0 Å². The monoisotopic (exact) mass is 586 g/mol. The number of methoxy groups -OCH3 is 2. The molecule has 2 saturated heterocycles. The molecular formula is C30H34O12. The summed E-state index contributed by atoms with van der Waals surface area (Å²) in [7, 11) is 2.94. The van der Waals surface area contributed by atoms with Gasteiger partial charge in [-0.1, -0.05) is 35.8 Å². The van der Waals surface area contributed by atoms with Crippen LogP contribution in [0.4, 0.5) is 0 Å². The highest BCUT2D eigenvalue weighted by molar-refractivity contribution is 5.70. The van der Waals surface area contributed by atoms with Gasteiger partial charge in [0, 0.05) is 0 Å². The van der Waals surface area contributed by atoms with Crippen LogP contribution in [-0.4, -0.2) is 129 Å². The van der Waals surface area contributed by atoms with E-state index in [4.69, 9.17) is 18.9 Å². The van der Waals surface area contributed by atoms with E-state index in [0.717, 1.165) is 11.1 Å². The number of hydrogen-bond acceptors (Lipinski definition) is 12. The van der Waals surface area contributed by atoms with Crippen molar-refractivity contribution < 1.29 is 59.8 Å². The Morgan fingerprint density at radius 3 is 1.31 bits per heavy atom. The van der Waals surface area contributed by atoms with Crippen molar-refractivity contribution in [3.63, 3.8) is 0 Å². The number of aliphatic hydroxyl groups excluding tert-OH is 8. The standard InChI is InChI=1S/C30H34O12/c1-39-21-11-17(5-3-15(21)7-9-19-25(33)29(37)27(35)23(13-31)41-19)18-6-4-16(22(12-18)40-2)8-10-20-26(34)30(38)28(36)24(14-32)42-20/h3-6,11-12,19-20,23-38H,13-14H2,1-2H3/t19-,20-,23-,24-,25-,26-,27-,28-,29-,30-/m1/s1. The van der Waals surface area contributed by atoms with Crippen LogP contribution in [0, 0.1) is 23.7 Å². The Morgan fingerprint density at radius 2 is 0.976 bits per heavy atom. The van der Waals surface area contributed by atoms with Gasteiger partial charge in [-0.3, -0.25) is 0 Å². The lowest BCUT2D eigenvalue weighted by Crippen LogP contribution is -2.58. The Hall–Kier alpha value is -3.24. The molecule has 12 heteroatoms. The van der Waals surface area contributed by atoms with Crippen LogP contribution in [0.15, 0.2) is 36.4 Å². The molecule has 0 amide bonds. The van der Waals surface area contributed by atoms with Gasteiger partial charge in [-0.05, 0) is 35.4 Å². The van der Waals surface area contributed by atoms with E-state index in [-0.39, 0.29) is 0 Å². The number of hydrogen-bond donors (Lipinski definition) is 8. The minimum atomic E-state index is -1.53. The van der Waals surface area contributed by atoms with Gasteiger partial charge >= 0.3 is 0 Å². The van der Waals surface area contributed by atoms with Crippen molar-refractivity contribution in [3.05, 3.63) is 47.5 Å². The second kappa shape index (κ2) is 13.8. The third kappa shape index (κ3) is 6.54. The molecule has 42 heavy (non-hydrogen) atoms. The van der Waals surface area contributed by atoms with Crippen LogP contribution in [-0.2, 0) is 9.47 Å². The molecule has 12 nitrogen and oxygen atoms in total. The van der Waals surface area contributed by atoms with Crippen LogP contribution in [0.5, 0.6) is 11.5 Å². The maximum absolute atomic E-state index is 10.2. The molecule has 0 bridgehead atoms. The molecule has 0 radical (unpaired) electrons. The second-order valence-corrected chi connectivity index (χ2v) is 9.87. The van der Waals surface area contributed by atoms with E-state index in [1.165, 1.54) is 14.2 Å². The van der Waals surface area contributed by atoms with Gasteiger partial charge in [-0.15, -0.1) is 0 Å². The Balaban J connectivity index is 1.56. The van der Waals surface area contributed by atoms with Gasteiger partial charge < -0.3 is 59.8 Å². The minimum Gasteiger partial charge on any atom is -0.495 e. The zero-order valence-corrected chi connectivity index (χ0v) is 22.9. The van der Waals surface area contributed by atoms with Crippen molar-refractivity contribution in [2.45, 2.75) is 61.0 Å². The maximum atomic E-state index is 10.2. The third-order valence-corrected chi connectivity index (χ3v) is 7.22. The summed E-state index contributed by atoms with van der Waals surface area (Å²) in [5, 5.41) is 79.1. The molecule has 2 aliphatic rings. The second-order valence-electron chi connectivity index (χ2n) is 9.87. The van der Waals surface area contributed by atoms with Gasteiger partial charge in [0.2, 0.25) is 0 Å². The summed E-state index contributed by atoms with van der Waals surface area (Å²) in [6, 6.07) is 10.5. The smallest absolute Gasteiger partial charge is 0.147 e. The van der Waals surface area contributed by atoms with E-state index in [1.807, 2.05) is 0 Å². The summed E-state index contributed by atoms with van der Waals surface area (Å²) in [6.07, 6.45) is -13.4. The molecule has 4 rings (SSSR count). The van der Waals surface area contributed by atoms with E-state index in [2.05, 4.69) is 23.7 Å². The van der Waals surface area contributed by atoms with E-state index < -0.39 is 74.3 Å². The molecule has 226 valence electrons. The van der Waals surface area contributed by atoms with Crippen molar-refractivity contribution >= 4 is 0 Å². The number of benzene rings is 2. The predicted molar refractivity (Wildman–Crippen MR) is 146 cm³/mol. The predicted octanol–water partition coefficient (Wildman–Crippen LogP) is -2.24. The van der Waals surface area contributed by atoms with Crippen molar-refractivity contribution in [1.82, 2.24) is 0 Å². The molecule has 2 aromatic rings. The molecule has 0 spiro atoms. The van der Waals surface area contributed by atoms with Crippen LogP contribution in [0.3, 0.4) is 0 Å². The SMILES string of the molecule is COc1cc(-c2ccc(C#C[C@H]3O[C@H](CO)[C@@H](O)[C@H](O)[C@@H]3O)c(OC)c2)ccc1C#C[C@H]1O[C@H](CO)[C@@H](O)[C@H](O)[C@@H]1O. The number of rotatable bonds is 5. The van der Waals surface area contributed by atoms with Crippen molar-refractivity contribution in [2.75, 3.05) is 27.4 Å². The fraction of sp³-hybridized carbons (Fsp3) is 0.467. The zero-order valence-electron chi connectivity index (χ0n) is 22.9. The fourth-order valence-electron chi connectivity index (χ4n) is 4.69. The highest BCUT2D eigenvalue weighted by Crippen LogP contribution is 2.31. The van der Waals surface area contributed by atoms with Crippen LogP contribution < -0.4 is 9.47 Å². The minimum absolute atomic E-state index is 0.412. The molecule has 2 aliphatic heterocycles. The van der Waals surface area contributed by atoms with Gasteiger partial charge in [0.15, 0.2) is 0 Å². The summed E-state index contributed by atoms with van der Waals surface area (Å²) >= 11 is 0. The molecule has 0 saturated carbocycles. The quantitative estimate of drug-likeness (QED) is 0.176. The van der Waals surface area contributed by atoms with Crippen molar-refractivity contribution in [2.24, 2.45) is 0 Å². The molecule has 10 atom stereocenters. The molecule has 2 aromatic carbocycles. The summed E-state index contributed by atoms with van der Waals surface area (Å²) in [4.78, 5) is 0. The first-order valence-corrected chi connectivity index (χ1v) is 13.1. The lowest BCUT2D eigenvalue weighted by molar-refractivity contribution is -0.214. The molecule has 0 aliphatic carbocycles. The van der Waals surface area contributed by atoms with Crippen LogP contribution >= 0.6 is 0 Å². The lowest BCUT2D eigenvalue weighted by atomic mass is 9.95. The zero-order chi connectivity index (χ0) is 30.6. The Morgan fingerprint density at radius 1 is 0.595 bits per heavy atom. The van der Waals surface area contributed by atoms with Gasteiger partial charge in [0.25, 0.3) is 0 Å². The van der Waals surface area contributed by atoms with E-state index in [1.54, 1.807) is 36.4 Å². The average molecular weight is 587 g/mol. The number of aliphatic hydroxyl groups is 8. The largest absolute Gasteiger partial charge is 0.495 e. The summed E-state index contributed by atoms with van der Waals surface area (Å²) in [5.74, 6) is 12.0. The van der Waals surface area contributed by atoms with Gasteiger partial charge in [0.05, 0.1) is 38.6 Å². The van der Waals surface area contributed by atoms with Gasteiger partial charge in [-0.25, -0.2) is 0 Å². The highest BCUT2D eigenvalue weighted by atomic mass is 16.6. The molecule has 0 aromatic heterocycles. The van der Waals surface area contributed by atoms with Gasteiger partial charge in [0.1, 0.15) is 72.5 Å². The average Bonchev–Trinajstić information content (AvgIpc) is 3.01. The molecular weight excluding hydrogens is 552 g/mol. The summed E-state index contributed by atoms with van der Waals surface area (Å²) in [5.41, 5.74) is 2.42. The van der Waals surface area contributed by atoms with Crippen LogP contribution in [0.1, 0.15) is 11.1 Å². The highest BCUT2D eigenvalue weighted by Gasteiger charge is 2.43. The fourth-order valence-corrected chi connectivity index (χ4v) is 4.69. The maximum Gasteiger partial charge on any atom is 0.147 e. The molecule has 0 unspecified atom stereocenters. The molecule has 2 heterocycles. The first-order valence-electron chi connectivity index (χ1n) is 13.1. The van der Waals surface area contributed by atoms with E-state index in [9.17, 15) is 40.9 Å². The molecule has 2 fully saturated rings. The topological polar surface area (TPSA) is 199 Å². The Kier molecular flexibility index (Phi) is 10.4. The van der Waals surface area contributed by atoms with Crippen LogP contribution in [0.25, 0.3) is 11.1 Å². The Bertz CT molecular complexity index is 1250. The Labute approximate surface area is 242 Å². The first kappa shape index (κ1) is 31.7. The summed E-state index contributed by atoms with van der Waals surface area (Å²) in [6.45, 7) is -1.11. The van der Waals surface area contributed by atoms with E-state index in [0.29, 0.717) is 22.6 Å². The molecule has 8 N–H and O–H groups in total. The first-order chi connectivity index (χ1) is 20.1. The van der Waals surface area contributed by atoms with Crippen LogP contribution in [0.2, 0.25) is 0 Å². The van der Waals surface area contributed by atoms with E-state index >= 15 is 0 Å². The lowest BCUT2D eigenvalue weighted by Gasteiger charge is -2.37. The van der Waals surface area contributed by atoms with Crippen molar-refractivity contribution in [1.29, 1.82) is 0 Å². The summed E-state index contributed by atoms with van der Waals surface area (Å²) < 4.78 is 21.9. The normalized spacial score (nSPS) is 32.6.